The molecule has 4 nitrogen and oxygen atoms in total. The van der Waals surface area contributed by atoms with Gasteiger partial charge in [0, 0.05) is 11.1 Å². The maximum Gasteiger partial charge on any atom is 0.308 e. The van der Waals surface area contributed by atoms with Crippen LogP contribution in [0, 0.1) is 11.7 Å². The number of esters is 1. The quantitative estimate of drug-likeness (QED) is 0.873. The van der Waals surface area contributed by atoms with E-state index in [1.54, 1.807) is 0 Å². The molecule has 0 heterocycles. The fraction of sp³-hybridized carbons (Fsp3) is 0.467. The summed E-state index contributed by atoms with van der Waals surface area (Å²) in [6.07, 6.45) is 2.70. The number of amides is 1. The Morgan fingerprint density at radius 2 is 1.95 bits per heavy atom. The molecule has 1 saturated carbocycles. The van der Waals surface area contributed by atoms with Crippen molar-refractivity contribution >= 4 is 23.5 Å². The van der Waals surface area contributed by atoms with Gasteiger partial charge in [0.15, 0.2) is 0 Å². The van der Waals surface area contributed by atoms with E-state index in [-0.39, 0.29) is 28.5 Å². The summed E-state index contributed by atoms with van der Waals surface area (Å²) >= 11 is 5.66. The molecule has 0 unspecified atom stereocenters. The number of halogens is 2. The van der Waals surface area contributed by atoms with Crippen LogP contribution in [0.1, 0.15) is 36.0 Å². The minimum atomic E-state index is -0.636. The van der Waals surface area contributed by atoms with Gasteiger partial charge in [-0.15, -0.1) is 0 Å². The normalized spacial score (nSPS) is 21.7. The Hall–Kier alpha value is -1.62. The lowest BCUT2D eigenvalue weighted by molar-refractivity contribution is -0.146. The summed E-state index contributed by atoms with van der Waals surface area (Å²) in [4.78, 5) is 23.5. The first-order valence-electron chi connectivity index (χ1n) is 6.85. The summed E-state index contributed by atoms with van der Waals surface area (Å²) in [6.45, 7) is 0. The molecule has 6 heteroatoms. The summed E-state index contributed by atoms with van der Waals surface area (Å²) < 4.78 is 18.4. The highest BCUT2D eigenvalue weighted by molar-refractivity contribution is 6.30. The van der Waals surface area contributed by atoms with Crippen molar-refractivity contribution in [3.8, 4) is 0 Å². The lowest BCUT2D eigenvalue weighted by Crippen LogP contribution is -2.39. The molecule has 1 N–H and O–H groups in total. The molecule has 2 rings (SSSR count). The minimum Gasteiger partial charge on any atom is -0.469 e. The molecule has 0 saturated heterocycles. The van der Waals surface area contributed by atoms with Gasteiger partial charge in [-0.05, 0) is 43.9 Å². The van der Waals surface area contributed by atoms with E-state index in [2.05, 4.69) is 5.32 Å². The van der Waals surface area contributed by atoms with Gasteiger partial charge in [0.25, 0.3) is 5.91 Å². The van der Waals surface area contributed by atoms with Gasteiger partial charge in [0.2, 0.25) is 0 Å². The maximum absolute atomic E-state index is 13.7. The number of nitrogens with one attached hydrogen (secondary N) is 1. The van der Waals surface area contributed by atoms with Crippen molar-refractivity contribution in [2.24, 2.45) is 5.92 Å². The van der Waals surface area contributed by atoms with E-state index in [9.17, 15) is 14.0 Å². The van der Waals surface area contributed by atoms with Crippen molar-refractivity contribution in [1.29, 1.82) is 0 Å². The van der Waals surface area contributed by atoms with Crippen LogP contribution in [-0.2, 0) is 9.53 Å². The number of ether oxygens (including phenoxy) is 1. The summed E-state index contributed by atoms with van der Waals surface area (Å²) in [5.41, 5.74) is -0.0190. The van der Waals surface area contributed by atoms with Crippen LogP contribution < -0.4 is 5.32 Å². The van der Waals surface area contributed by atoms with Gasteiger partial charge in [0.1, 0.15) is 5.82 Å². The van der Waals surface area contributed by atoms with Crippen LogP contribution in [0.5, 0.6) is 0 Å². The lowest BCUT2D eigenvalue weighted by Gasteiger charge is -2.27. The second-order valence-electron chi connectivity index (χ2n) is 5.17. The zero-order valence-electron chi connectivity index (χ0n) is 11.7. The fourth-order valence-electron chi connectivity index (χ4n) is 2.58. The Bertz CT molecular complexity index is 542. The fourth-order valence-corrected chi connectivity index (χ4v) is 2.74. The first kappa shape index (κ1) is 15.8. The summed E-state index contributed by atoms with van der Waals surface area (Å²) in [6, 6.07) is 3.92. The van der Waals surface area contributed by atoms with E-state index < -0.39 is 11.7 Å². The molecule has 0 radical (unpaired) electrons. The van der Waals surface area contributed by atoms with E-state index in [1.807, 2.05) is 0 Å². The molecule has 1 aliphatic rings. The topological polar surface area (TPSA) is 55.4 Å². The SMILES string of the molecule is COC(=O)C1CCC(NC(=O)c2ccc(Cl)cc2F)CC1. The first-order valence-corrected chi connectivity index (χ1v) is 7.22. The number of hydrogen-bond acceptors (Lipinski definition) is 3. The molecule has 0 aliphatic heterocycles. The molecule has 0 bridgehead atoms. The average Bonchev–Trinajstić information content (AvgIpc) is 2.47. The van der Waals surface area contributed by atoms with E-state index in [4.69, 9.17) is 16.3 Å². The predicted octanol–water partition coefficient (Wildman–Crippen LogP) is 2.94. The van der Waals surface area contributed by atoms with Crippen molar-refractivity contribution in [3.05, 3.63) is 34.6 Å². The summed E-state index contributed by atoms with van der Waals surface area (Å²) in [5.74, 6) is -1.40. The number of carbonyl (C=O) groups is 2. The Labute approximate surface area is 127 Å². The lowest BCUT2D eigenvalue weighted by atomic mass is 9.86. The molecule has 1 aromatic rings. The van der Waals surface area contributed by atoms with Crippen LogP contribution in [0.3, 0.4) is 0 Å². The van der Waals surface area contributed by atoms with Gasteiger partial charge in [-0.2, -0.15) is 0 Å². The molecular formula is C15H17ClFNO3. The molecule has 1 aliphatic carbocycles. The zero-order chi connectivity index (χ0) is 15.4. The van der Waals surface area contributed by atoms with Gasteiger partial charge in [-0.1, -0.05) is 11.6 Å². The van der Waals surface area contributed by atoms with Crippen molar-refractivity contribution in [2.45, 2.75) is 31.7 Å². The zero-order valence-corrected chi connectivity index (χ0v) is 12.5. The smallest absolute Gasteiger partial charge is 0.308 e. The third kappa shape index (κ3) is 3.94. The first-order chi connectivity index (χ1) is 10.0. The molecule has 0 spiro atoms. The number of hydrogen-bond donors (Lipinski definition) is 1. The Kier molecular flexibility index (Phi) is 5.17. The standard InChI is InChI=1S/C15H17ClFNO3/c1-21-15(20)9-2-5-11(6-3-9)18-14(19)12-7-4-10(16)8-13(12)17/h4,7-9,11H,2-3,5-6H2,1H3,(H,18,19). The molecule has 0 atom stereocenters. The van der Waals surface area contributed by atoms with Gasteiger partial charge in [0.05, 0.1) is 18.6 Å². The van der Waals surface area contributed by atoms with Gasteiger partial charge in [-0.25, -0.2) is 4.39 Å². The Morgan fingerprint density at radius 3 is 2.52 bits per heavy atom. The third-order valence-corrected chi connectivity index (χ3v) is 4.01. The maximum atomic E-state index is 13.7. The van der Waals surface area contributed by atoms with E-state index in [0.717, 1.165) is 6.07 Å². The van der Waals surface area contributed by atoms with Crippen molar-refractivity contribution in [2.75, 3.05) is 7.11 Å². The van der Waals surface area contributed by atoms with Crippen LogP contribution >= 0.6 is 11.6 Å². The van der Waals surface area contributed by atoms with Crippen LogP contribution in [0.15, 0.2) is 18.2 Å². The highest BCUT2D eigenvalue weighted by Gasteiger charge is 2.28. The number of carbonyl (C=O) groups excluding carboxylic acids is 2. The summed E-state index contributed by atoms with van der Waals surface area (Å²) in [7, 11) is 1.37. The molecular weight excluding hydrogens is 297 g/mol. The van der Waals surface area contributed by atoms with Crippen molar-refractivity contribution in [3.63, 3.8) is 0 Å². The second-order valence-corrected chi connectivity index (χ2v) is 5.61. The number of rotatable bonds is 3. The predicted molar refractivity (Wildman–Crippen MR) is 76.6 cm³/mol. The largest absolute Gasteiger partial charge is 0.469 e. The summed E-state index contributed by atoms with van der Waals surface area (Å²) in [5, 5.41) is 3.05. The average molecular weight is 314 g/mol. The number of benzene rings is 1. The molecule has 1 amide bonds. The van der Waals surface area contributed by atoms with Crippen LogP contribution in [0.2, 0.25) is 5.02 Å². The Morgan fingerprint density at radius 1 is 1.29 bits per heavy atom. The molecule has 1 fully saturated rings. The van der Waals surface area contributed by atoms with Gasteiger partial charge in [-0.3, -0.25) is 9.59 Å². The third-order valence-electron chi connectivity index (χ3n) is 3.77. The molecule has 114 valence electrons. The van der Waals surface area contributed by atoms with Crippen molar-refractivity contribution < 1.29 is 18.7 Å². The Balaban J connectivity index is 1.91. The van der Waals surface area contributed by atoms with Crippen LogP contribution in [0.4, 0.5) is 4.39 Å². The molecule has 0 aromatic heterocycles. The highest BCUT2D eigenvalue weighted by atomic mass is 35.5. The van der Waals surface area contributed by atoms with E-state index >= 15 is 0 Å². The minimum absolute atomic E-state index is 0.0190. The second kappa shape index (κ2) is 6.89. The van der Waals surface area contributed by atoms with Crippen LogP contribution in [0.25, 0.3) is 0 Å². The van der Waals surface area contributed by atoms with E-state index in [1.165, 1.54) is 19.2 Å². The van der Waals surface area contributed by atoms with E-state index in [0.29, 0.717) is 25.7 Å². The van der Waals surface area contributed by atoms with Crippen molar-refractivity contribution in [1.82, 2.24) is 5.32 Å². The molecule has 21 heavy (non-hydrogen) atoms. The monoisotopic (exact) mass is 313 g/mol. The van der Waals surface area contributed by atoms with Gasteiger partial charge < -0.3 is 10.1 Å². The highest BCUT2D eigenvalue weighted by Crippen LogP contribution is 2.25. The number of methoxy groups -OCH3 is 1. The molecule has 1 aromatic carbocycles. The van der Waals surface area contributed by atoms with Gasteiger partial charge >= 0.3 is 5.97 Å². The van der Waals surface area contributed by atoms with Crippen LogP contribution in [-0.4, -0.2) is 25.0 Å².